The van der Waals surface area contributed by atoms with Crippen LogP contribution in [0.3, 0.4) is 0 Å². The van der Waals surface area contributed by atoms with E-state index in [1.165, 1.54) is 0 Å². The maximum absolute atomic E-state index is 11.0. The van der Waals surface area contributed by atoms with Gasteiger partial charge < -0.3 is 20.9 Å². The Morgan fingerprint density at radius 2 is 2.06 bits per heavy atom. The zero-order valence-corrected chi connectivity index (χ0v) is 9.73. The van der Waals surface area contributed by atoms with Crippen LogP contribution in [0.4, 0.5) is 0 Å². The molecule has 2 unspecified atom stereocenters. The second-order valence-electron chi connectivity index (χ2n) is 3.64. The van der Waals surface area contributed by atoms with Crippen molar-refractivity contribution >= 4 is 11.9 Å². The minimum atomic E-state index is -0.811. The SMILES string of the molecule is CCOC(=O)CC(O)CNC(C)CC(N)=O. The number of primary amides is 1. The molecule has 0 bridgehead atoms. The van der Waals surface area contributed by atoms with Crippen molar-refractivity contribution in [3.8, 4) is 0 Å². The Morgan fingerprint density at radius 1 is 1.44 bits per heavy atom. The van der Waals surface area contributed by atoms with E-state index in [9.17, 15) is 14.7 Å². The average Bonchev–Trinajstić information content (AvgIpc) is 2.14. The summed E-state index contributed by atoms with van der Waals surface area (Å²) in [5, 5.41) is 12.4. The minimum Gasteiger partial charge on any atom is -0.466 e. The van der Waals surface area contributed by atoms with E-state index in [4.69, 9.17) is 5.73 Å². The summed E-state index contributed by atoms with van der Waals surface area (Å²) in [6.07, 6.45) is -0.662. The van der Waals surface area contributed by atoms with Crippen molar-refractivity contribution in [1.82, 2.24) is 5.32 Å². The number of aliphatic hydroxyl groups is 1. The van der Waals surface area contributed by atoms with Gasteiger partial charge in [0.2, 0.25) is 5.91 Å². The van der Waals surface area contributed by atoms with Crippen LogP contribution in [0.2, 0.25) is 0 Å². The molecule has 0 saturated carbocycles. The van der Waals surface area contributed by atoms with Crippen molar-refractivity contribution in [2.45, 2.75) is 38.8 Å². The van der Waals surface area contributed by atoms with Gasteiger partial charge in [-0.05, 0) is 13.8 Å². The molecule has 4 N–H and O–H groups in total. The molecule has 0 heterocycles. The van der Waals surface area contributed by atoms with E-state index >= 15 is 0 Å². The molecule has 94 valence electrons. The fraction of sp³-hybridized carbons (Fsp3) is 0.800. The standard InChI is InChI=1S/C10H20N2O4/c1-3-16-10(15)5-8(13)6-12-7(2)4-9(11)14/h7-8,12-13H,3-6H2,1-2H3,(H2,11,14). The highest BCUT2D eigenvalue weighted by atomic mass is 16.5. The Bertz CT molecular complexity index is 233. The fourth-order valence-electron chi connectivity index (χ4n) is 1.20. The van der Waals surface area contributed by atoms with Gasteiger partial charge in [0.05, 0.1) is 19.1 Å². The maximum Gasteiger partial charge on any atom is 0.308 e. The molecule has 0 fully saturated rings. The second-order valence-corrected chi connectivity index (χ2v) is 3.64. The van der Waals surface area contributed by atoms with Crippen LogP contribution in [-0.4, -0.2) is 42.3 Å². The molecular formula is C10H20N2O4. The van der Waals surface area contributed by atoms with Crippen LogP contribution in [-0.2, 0) is 14.3 Å². The number of esters is 1. The highest BCUT2D eigenvalue weighted by molar-refractivity contribution is 5.74. The predicted octanol–water partition coefficient (Wildman–Crippen LogP) is -0.846. The first kappa shape index (κ1) is 14.9. The number of nitrogens with one attached hydrogen (secondary N) is 1. The average molecular weight is 232 g/mol. The molecule has 0 aromatic carbocycles. The van der Waals surface area contributed by atoms with Gasteiger partial charge >= 0.3 is 5.97 Å². The van der Waals surface area contributed by atoms with Gasteiger partial charge in [-0.3, -0.25) is 9.59 Å². The van der Waals surface area contributed by atoms with E-state index < -0.39 is 18.0 Å². The van der Waals surface area contributed by atoms with Crippen molar-refractivity contribution < 1.29 is 19.4 Å². The number of aliphatic hydroxyl groups excluding tert-OH is 1. The zero-order valence-electron chi connectivity index (χ0n) is 9.73. The number of nitrogens with two attached hydrogens (primary N) is 1. The van der Waals surface area contributed by atoms with Gasteiger partial charge in [-0.15, -0.1) is 0 Å². The topological polar surface area (TPSA) is 102 Å². The molecule has 1 amide bonds. The van der Waals surface area contributed by atoms with E-state index in [-0.39, 0.29) is 25.4 Å². The van der Waals surface area contributed by atoms with Crippen LogP contribution in [0.15, 0.2) is 0 Å². The van der Waals surface area contributed by atoms with Gasteiger partial charge in [0.1, 0.15) is 0 Å². The Kier molecular flexibility index (Phi) is 7.49. The molecule has 0 rings (SSSR count). The molecule has 0 aliphatic carbocycles. The van der Waals surface area contributed by atoms with Crippen LogP contribution in [0.1, 0.15) is 26.7 Å². The molecule has 6 nitrogen and oxygen atoms in total. The number of amides is 1. The lowest BCUT2D eigenvalue weighted by molar-refractivity contribution is -0.145. The lowest BCUT2D eigenvalue weighted by Crippen LogP contribution is -2.37. The third kappa shape index (κ3) is 8.19. The molecular weight excluding hydrogens is 212 g/mol. The molecule has 0 radical (unpaired) electrons. The van der Waals surface area contributed by atoms with Crippen molar-refractivity contribution in [2.24, 2.45) is 5.73 Å². The molecule has 16 heavy (non-hydrogen) atoms. The summed E-state index contributed by atoms with van der Waals surface area (Å²) in [6.45, 7) is 4.02. The summed E-state index contributed by atoms with van der Waals surface area (Å²) in [5.41, 5.74) is 5.00. The smallest absolute Gasteiger partial charge is 0.308 e. The summed E-state index contributed by atoms with van der Waals surface area (Å²) in [7, 11) is 0. The lowest BCUT2D eigenvalue weighted by Gasteiger charge is -2.15. The molecule has 0 aliphatic heterocycles. The first-order chi connectivity index (χ1) is 7.45. The summed E-state index contributed by atoms with van der Waals surface area (Å²) < 4.78 is 4.68. The van der Waals surface area contributed by atoms with Crippen molar-refractivity contribution in [2.75, 3.05) is 13.2 Å². The number of hydrogen-bond acceptors (Lipinski definition) is 5. The first-order valence-corrected chi connectivity index (χ1v) is 5.31. The normalized spacial score (nSPS) is 14.2. The number of rotatable bonds is 8. The Morgan fingerprint density at radius 3 is 2.56 bits per heavy atom. The Labute approximate surface area is 95.1 Å². The van der Waals surface area contributed by atoms with Crippen LogP contribution in [0, 0.1) is 0 Å². The zero-order chi connectivity index (χ0) is 12.6. The number of carbonyl (C=O) groups excluding carboxylic acids is 2. The van der Waals surface area contributed by atoms with E-state index in [1.54, 1.807) is 13.8 Å². The minimum absolute atomic E-state index is 0.0515. The molecule has 0 aromatic heterocycles. The molecule has 2 atom stereocenters. The lowest BCUT2D eigenvalue weighted by atomic mass is 10.2. The molecule has 0 aliphatic rings. The second kappa shape index (κ2) is 8.06. The molecule has 0 saturated heterocycles. The number of ether oxygens (including phenoxy) is 1. The summed E-state index contributed by atoms with van der Waals surface area (Å²) in [6, 6.07) is -0.116. The molecule has 0 aromatic rings. The van der Waals surface area contributed by atoms with Crippen molar-refractivity contribution in [3.63, 3.8) is 0 Å². The van der Waals surface area contributed by atoms with Crippen molar-refractivity contribution in [3.05, 3.63) is 0 Å². The van der Waals surface area contributed by atoms with Gasteiger partial charge in [0.25, 0.3) is 0 Å². The van der Waals surface area contributed by atoms with Crippen molar-refractivity contribution in [1.29, 1.82) is 0 Å². The Balaban J connectivity index is 3.67. The molecule has 6 heteroatoms. The van der Waals surface area contributed by atoms with Gasteiger partial charge in [0, 0.05) is 19.0 Å². The third-order valence-electron chi connectivity index (χ3n) is 1.92. The van der Waals surface area contributed by atoms with E-state index in [0.717, 1.165) is 0 Å². The van der Waals surface area contributed by atoms with Crippen LogP contribution >= 0.6 is 0 Å². The maximum atomic E-state index is 11.0. The van der Waals surface area contributed by atoms with Crippen LogP contribution < -0.4 is 11.1 Å². The van der Waals surface area contributed by atoms with Gasteiger partial charge in [-0.25, -0.2) is 0 Å². The molecule has 0 spiro atoms. The Hall–Kier alpha value is -1.14. The quantitative estimate of drug-likeness (QED) is 0.473. The number of carbonyl (C=O) groups is 2. The van der Waals surface area contributed by atoms with Crippen LogP contribution in [0.5, 0.6) is 0 Å². The fourth-order valence-corrected chi connectivity index (χ4v) is 1.20. The third-order valence-corrected chi connectivity index (χ3v) is 1.92. The van der Waals surface area contributed by atoms with E-state index in [0.29, 0.717) is 6.61 Å². The van der Waals surface area contributed by atoms with Gasteiger partial charge in [-0.1, -0.05) is 0 Å². The summed E-state index contributed by atoms with van der Waals surface area (Å²) in [5.74, 6) is -0.834. The highest BCUT2D eigenvalue weighted by Gasteiger charge is 2.13. The summed E-state index contributed by atoms with van der Waals surface area (Å²) >= 11 is 0. The first-order valence-electron chi connectivity index (χ1n) is 5.31. The monoisotopic (exact) mass is 232 g/mol. The van der Waals surface area contributed by atoms with Crippen LogP contribution in [0.25, 0.3) is 0 Å². The number of hydrogen-bond donors (Lipinski definition) is 3. The highest BCUT2D eigenvalue weighted by Crippen LogP contribution is 1.96. The van der Waals surface area contributed by atoms with Gasteiger partial charge in [-0.2, -0.15) is 0 Å². The largest absolute Gasteiger partial charge is 0.466 e. The predicted molar refractivity (Wildman–Crippen MR) is 58.5 cm³/mol. The van der Waals surface area contributed by atoms with Gasteiger partial charge in [0.15, 0.2) is 0 Å². The van der Waals surface area contributed by atoms with E-state index in [2.05, 4.69) is 10.1 Å². The summed E-state index contributed by atoms with van der Waals surface area (Å²) in [4.78, 5) is 21.6. The van der Waals surface area contributed by atoms with E-state index in [1.807, 2.05) is 0 Å².